The number of nitrogens with zero attached hydrogens (tertiary/aromatic N) is 2. The van der Waals surface area contributed by atoms with Crippen molar-refractivity contribution < 1.29 is 9.53 Å². The quantitative estimate of drug-likeness (QED) is 0.663. The zero-order valence-corrected chi connectivity index (χ0v) is 8.63. The maximum Gasteiger partial charge on any atom is 0.252 e. The Bertz CT molecular complexity index is 302. The number of anilines is 1. The average molecular weight is 216 g/mol. The molecule has 0 atom stereocenters. The second kappa shape index (κ2) is 5.63. The minimum Gasteiger partial charge on any atom is -0.370 e. The van der Waals surface area contributed by atoms with Crippen LogP contribution in [-0.2, 0) is 9.53 Å². The Morgan fingerprint density at radius 3 is 3.07 bits per heavy atom. The first-order chi connectivity index (χ1) is 6.72. The van der Waals surface area contributed by atoms with Crippen molar-refractivity contribution in [2.45, 2.75) is 6.92 Å². The summed E-state index contributed by atoms with van der Waals surface area (Å²) in [5.74, 6) is 0.405. The second-order valence-corrected chi connectivity index (χ2v) is 3.29. The van der Waals surface area contributed by atoms with Crippen LogP contribution in [0.25, 0.3) is 0 Å². The van der Waals surface area contributed by atoms with Gasteiger partial charge in [-0.2, -0.15) is 4.37 Å². The van der Waals surface area contributed by atoms with E-state index in [1.807, 2.05) is 0 Å². The van der Waals surface area contributed by atoms with Gasteiger partial charge in [0.2, 0.25) is 5.13 Å². The second-order valence-electron chi connectivity index (χ2n) is 2.54. The first kappa shape index (κ1) is 11.0. The molecule has 7 heteroatoms. The van der Waals surface area contributed by atoms with Gasteiger partial charge >= 0.3 is 0 Å². The molecular weight excluding hydrogens is 204 g/mol. The molecule has 1 rings (SSSR count). The van der Waals surface area contributed by atoms with Gasteiger partial charge < -0.3 is 10.5 Å². The van der Waals surface area contributed by atoms with Crippen molar-refractivity contribution in [3.63, 3.8) is 0 Å². The van der Waals surface area contributed by atoms with Gasteiger partial charge in [0.15, 0.2) is 0 Å². The molecule has 78 valence electrons. The SMILES string of the molecule is Cc1nsc(NC(=O)COCCN)n1. The number of hydrogen-bond acceptors (Lipinski definition) is 6. The highest BCUT2D eigenvalue weighted by atomic mass is 32.1. The molecule has 0 spiro atoms. The van der Waals surface area contributed by atoms with Crippen LogP contribution in [0.3, 0.4) is 0 Å². The zero-order valence-electron chi connectivity index (χ0n) is 7.82. The number of ether oxygens (including phenoxy) is 1. The van der Waals surface area contributed by atoms with Gasteiger partial charge in [-0.05, 0) is 6.92 Å². The molecule has 0 aromatic carbocycles. The third-order valence-electron chi connectivity index (χ3n) is 1.27. The molecule has 0 bridgehead atoms. The minimum absolute atomic E-state index is 0.00414. The normalized spacial score (nSPS) is 10.1. The molecule has 0 aliphatic rings. The highest BCUT2D eigenvalue weighted by Crippen LogP contribution is 2.09. The zero-order chi connectivity index (χ0) is 10.4. The molecule has 0 radical (unpaired) electrons. The lowest BCUT2D eigenvalue weighted by Crippen LogP contribution is -2.20. The number of nitrogens with one attached hydrogen (secondary N) is 1. The van der Waals surface area contributed by atoms with Gasteiger partial charge in [-0.1, -0.05) is 0 Å². The minimum atomic E-state index is -0.241. The molecule has 6 nitrogen and oxygen atoms in total. The highest BCUT2D eigenvalue weighted by molar-refractivity contribution is 7.09. The van der Waals surface area contributed by atoms with E-state index in [4.69, 9.17) is 10.5 Å². The van der Waals surface area contributed by atoms with Gasteiger partial charge in [0, 0.05) is 18.1 Å². The Morgan fingerprint density at radius 1 is 1.71 bits per heavy atom. The number of aryl methyl sites for hydroxylation is 1. The topological polar surface area (TPSA) is 90.1 Å². The largest absolute Gasteiger partial charge is 0.370 e. The predicted octanol–water partition coefficient (Wildman–Crippen LogP) is -0.240. The number of rotatable bonds is 5. The van der Waals surface area contributed by atoms with Gasteiger partial charge in [0.05, 0.1) is 6.61 Å². The molecule has 0 fully saturated rings. The van der Waals surface area contributed by atoms with E-state index >= 15 is 0 Å². The fourth-order valence-electron chi connectivity index (χ4n) is 0.751. The van der Waals surface area contributed by atoms with E-state index in [-0.39, 0.29) is 12.5 Å². The van der Waals surface area contributed by atoms with Crippen LogP contribution >= 0.6 is 11.5 Å². The van der Waals surface area contributed by atoms with Crippen LogP contribution in [-0.4, -0.2) is 35.0 Å². The van der Waals surface area contributed by atoms with Gasteiger partial charge in [0.25, 0.3) is 5.91 Å². The summed E-state index contributed by atoms with van der Waals surface area (Å²) in [6, 6.07) is 0. The Morgan fingerprint density at radius 2 is 2.50 bits per heavy atom. The summed E-state index contributed by atoms with van der Waals surface area (Å²) < 4.78 is 8.86. The fraction of sp³-hybridized carbons (Fsp3) is 0.571. The van der Waals surface area contributed by atoms with E-state index in [1.54, 1.807) is 6.92 Å². The molecule has 0 unspecified atom stereocenters. The van der Waals surface area contributed by atoms with Gasteiger partial charge in [0.1, 0.15) is 12.4 Å². The van der Waals surface area contributed by atoms with E-state index < -0.39 is 0 Å². The summed E-state index contributed by atoms with van der Waals surface area (Å²) in [5.41, 5.74) is 5.19. The summed E-state index contributed by atoms with van der Waals surface area (Å²) in [6.45, 7) is 2.54. The van der Waals surface area contributed by atoms with Crippen molar-refractivity contribution in [3.05, 3.63) is 5.82 Å². The van der Waals surface area contributed by atoms with Gasteiger partial charge in [-0.25, -0.2) is 4.98 Å². The van der Waals surface area contributed by atoms with Gasteiger partial charge in [-0.3, -0.25) is 10.1 Å². The number of aromatic nitrogens is 2. The molecule has 3 N–H and O–H groups in total. The van der Waals surface area contributed by atoms with E-state index in [2.05, 4.69) is 14.7 Å². The predicted molar refractivity (Wildman–Crippen MR) is 53.1 cm³/mol. The third-order valence-corrected chi connectivity index (χ3v) is 1.99. The van der Waals surface area contributed by atoms with Crippen LogP contribution in [0.4, 0.5) is 5.13 Å². The average Bonchev–Trinajstić information content (AvgIpc) is 2.52. The number of carbonyl (C=O) groups is 1. The first-order valence-electron chi connectivity index (χ1n) is 4.10. The lowest BCUT2D eigenvalue weighted by atomic mass is 10.6. The Labute approximate surface area is 85.6 Å². The highest BCUT2D eigenvalue weighted by Gasteiger charge is 2.05. The number of carbonyl (C=O) groups excluding carboxylic acids is 1. The number of amides is 1. The maximum absolute atomic E-state index is 11.2. The van der Waals surface area contributed by atoms with E-state index in [1.165, 1.54) is 0 Å². The monoisotopic (exact) mass is 216 g/mol. The standard InChI is InChI=1S/C7H12N4O2S/c1-5-9-7(14-11-5)10-6(12)4-13-3-2-8/h2-4,8H2,1H3,(H,9,10,11,12). The number of nitrogens with two attached hydrogens (primary N) is 1. The summed E-state index contributed by atoms with van der Waals surface area (Å²) in [6.07, 6.45) is 0. The summed E-state index contributed by atoms with van der Waals surface area (Å²) in [5, 5.41) is 3.05. The summed E-state index contributed by atoms with van der Waals surface area (Å²) >= 11 is 1.14. The van der Waals surface area contributed by atoms with Crippen LogP contribution in [0, 0.1) is 6.92 Å². The molecule has 0 aliphatic carbocycles. The summed E-state index contributed by atoms with van der Waals surface area (Å²) in [7, 11) is 0. The molecule has 0 saturated carbocycles. The first-order valence-corrected chi connectivity index (χ1v) is 4.87. The molecular formula is C7H12N4O2S. The van der Waals surface area contributed by atoms with Crippen LogP contribution in [0.2, 0.25) is 0 Å². The van der Waals surface area contributed by atoms with Crippen molar-refractivity contribution in [2.75, 3.05) is 25.1 Å². The third kappa shape index (κ3) is 3.77. The van der Waals surface area contributed by atoms with E-state index in [0.717, 1.165) is 11.5 Å². The maximum atomic E-state index is 11.2. The Hall–Kier alpha value is -1.05. The van der Waals surface area contributed by atoms with Crippen molar-refractivity contribution in [1.29, 1.82) is 0 Å². The molecule has 1 aromatic rings. The van der Waals surface area contributed by atoms with Crippen molar-refractivity contribution in [3.8, 4) is 0 Å². The molecule has 1 heterocycles. The lowest BCUT2D eigenvalue weighted by molar-refractivity contribution is -0.120. The number of hydrogen-bond donors (Lipinski definition) is 2. The summed E-state index contributed by atoms with van der Waals surface area (Å²) in [4.78, 5) is 15.1. The molecule has 1 aromatic heterocycles. The van der Waals surface area contributed by atoms with Crippen LogP contribution < -0.4 is 11.1 Å². The van der Waals surface area contributed by atoms with E-state index in [9.17, 15) is 4.79 Å². The van der Waals surface area contributed by atoms with Crippen molar-refractivity contribution in [1.82, 2.24) is 9.36 Å². The molecule has 0 saturated heterocycles. The lowest BCUT2D eigenvalue weighted by Gasteiger charge is -2.01. The molecule has 14 heavy (non-hydrogen) atoms. The van der Waals surface area contributed by atoms with Crippen molar-refractivity contribution in [2.24, 2.45) is 5.73 Å². The Balaban J connectivity index is 2.27. The van der Waals surface area contributed by atoms with Gasteiger partial charge in [-0.15, -0.1) is 0 Å². The molecule has 1 amide bonds. The smallest absolute Gasteiger partial charge is 0.252 e. The Kier molecular flexibility index (Phi) is 4.44. The van der Waals surface area contributed by atoms with Crippen molar-refractivity contribution >= 4 is 22.6 Å². The fourth-order valence-corrected chi connectivity index (χ4v) is 1.34. The van der Waals surface area contributed by atoms with Crippen LogP contribution in [0.15, 0.2) is 0 Å². The molecule has 0 aliphatic heterocycles. The van der Waals surface area contributed by atoms with E-state index in [0.29, 0.717) is 24.1 Å². The van der Waals surface area contributed by atoms with Crippen LogP contribution in [0.5, 0.6) is 0 Å². The van der Waals surface area contributed by atoms with Crippen LogP contribution in [0.1, 0.15) is 5.82 Å².